The van der Waals surface area contributed by atoms with E-state index in [9.17, 15) is 13.2 Å². The molecule has 0 aliphatic rings. The molecule has 1 heterocycles. The Hall–Kier alpha value is -2.33. The number of hydrogen-bond donors (Lipinski definition) is 1. The van der Waals surface area contributed by atoms with Gasteiger partial charge in [-0.15, -0.1) is 0 Å². The molecule has 27 heavy (non-hydrogen) atoms. The highest BCUT2D eigenvalue weighted by Crippen LogP contribution is 2.16. The predicted octanol–water partition coefficient (Wildman–Crippen LogP) is 1.91. The summed E-state index contributed by atoms with van der Waals surface area (Å²) < 4.78 is 34.4. The number of hydrogen-bond acceptors (Lipinski definition) is 5. The number of benzene rings is 2. The lowest BCUT2D eigenvalue weighted by molar-refractivity contribution is 0.0998. The molecule has 3 aromatic rings. The smallest absolute Gasteiger partial charge is 0.279 e. The van der Waals surface area contributed by atoms with Crippen LogP contribution in [0, 0.1) is 0 Å². The topological polar surface area (TPSA) is 89.8 Å². The largest absolute Gasteiger partial charge is 0.383 e. The standard InChI is InChI=1S/C18H19N3O4S2/c1-21-15-5-3-4-6-16(15)26-18(21)20-17(22)13-7-9-14(10-8-13)27(23,24)19-11-12-25-2/h3-10,19H,11-12H2,1-2H3. The summed E-state index contributed by atoms with van der Waals surface area (Å²) in [6, 6.07) is 13.5. The molecule has 0 bridgehead atoms. The van der Waals surface area contributed by atoms with Crippen LogP contribution in [0.25, 0.3) is 10.2 Å². The number of thiazole rings is 1. The van der Waals surface area contributed by atoms with Gasteiger partial charge < -0.3 is 9.30 Å². The van der Waals surface area contributed by atoms with Gasteiger partial charge in [-0.25, -0.2) is 13.1 Å². The number of nitrogens with zero attached hydrogens (tertiary/aromatic N) is 2. The van der Waals surface area contributed by atoms with Crippen molar-refractivity contribution in [2.45, 2.75) is 4.90 Å². The molecule has 142 valence electrons. The highest BCUT2D eigenvalue weighted by Gasteiger charge is 2.14. The molecule has 0 aliphatic heterocycles. The second-order valence-corrected chi connectivity index (χ2v) is 8.52. The van der Waals surface area contributed by atoms with Gasteiger partial charge >= 0.3 is 0 Å². The number of amides is 1. The highest BCUT2D eigenvalue weighted by atomic mass is 32.2. The van der Waals surface area contributed by atoms with Gasteiger partial charge in [-0.1, -0.05) is 23.5 Å². The summed E-state index contributed by atoms with van der Waals surface area (Å²) >= 11 is 1.42. The fourth-order valence-electron chi connectivity index (χ4n) is 2.48. The third kappa shape index (κ3) is 4.33. The van der Waals surface area contributed by atoms with Gasteiger partial charge in [0.2, 0.25) is 10.0 Å². The number of nitrogens with one attached hydrogen (secondary N) is 1. The number of aryl methyl sites for hydroxylation is 1. The van der Waals surface area contributed by atoms with Crippen LogP contribution in [0.15, 0.2) is 58.4 Å². The van der Waals surface area contributed by atoms with Crippen LogP contribution in [-0.4, -0.2) is 39.2 Å². The molecule has 0 unspecified atom stereocenters. The fraction of sp³-hybridized carbons (Fsp3) is 0.222. The van der Waals surface area contributed by atoms with Crippen LogP contribution in [0.2, 0.25) is 0 Å². The fourth-order valence-corrected chi connectivity index (χ4v) is 4.51. The number of carbonyl (C=O) groups is 1. The van der Waals surface area contributed by atoms with Gasteiger partial charge in [0, 0.05) is 26.3 Å². The normalized spacial score (nSPS) is 12.6. The number of rotatable bonds is 6. The van der Waals surface area contributed by atoms with Crippen LogP contribution in [0.1, 0.15) is 10.4 Å². The summed E-state index contributed by atoms with van der Waals surface area (Å²) in [5, 5.41) is 0. The molecule has 3 rings (SSSR count). The van der Waals surface area contributed by atoms with E-state index in [4.69, 9.17) is 4.74 Å². The van der Waals surface area contributed by atoms with E-state index in [0.29, 0.717) is 10.4 Å². The SMILES string of the molecule is COCCNS(=O)(=O)c1ccc(C(=O)N=c2sc3ccccc3n2C)cc1. The molecule has 1 N–H and O–H groups in total. The van der Waals surface area contributed by atoms with E-state index in [1.54, 1.807) is 0 Å². The zero-order valence-electron chi connectivity index (χ0n) is 14.9. The van der Waals surface area contributed by atoms with Gasteiger partial charge in [0.15, 0.2) is 4.80 Å². The Balaban J connectivity index is 1.84. The van der Waals surface area contributed by atoms with Crippen molar-refractivity contribution >= 4 is 37.5 Å². The number of fused-ring (bicyclic) bond motifs is 1. The van der Waals surface area contributed by atoms with Gasteiger partial charge in [-0.2, -0.15) is 4.99 Å². The number of methoxy groups -OCH3 is 1. The Morgan fingerprint density at radius 2 is 1.89 bits per heavy atom. The monoisotopic (exact) mass is 405 g/mol. The minimum atomic E-state index is -3.63. The third-order valence-corrected chi connectivity index (χ3v) is 6.51. The van der Waals surface area contributed by atoms with E-state index in [1.165, 1.54) is 42.7 Å². The quantitative estimate of drug-likeness (QED) is 0.635. The minimum absolute atomic E-state index is 0.0857. The highest BCUT2D eigenvalue weighted by molar-refractivity contribution is 7.89. The molecule has 0 fully saturated rings. The molecule has 2 aromatic carbocycles. The van der Waals surface area contributed by atoms with Gasteiger partial charge in [0.25, 0.3) is 5.91 Å². The first-order chi connectivity index (χ1) is 12.9. The second kappa shape index (κ2) is 8.13. The average molecular weight is 406 g/mol. The lowest BCUT2D eigenvalue weighted by atomic mass is 10.2. The number of para-hydroxylation sites is 1. The van der Waals surface area contributed by atoms with E-state index >= 15 is 0 Å². The van der Waals surface area contributed by atoms with Crippen molar-refractivity contribution in [2.75, 3.05) is 20.3 Å². The molecule has 1 amide bonds. The van der Waals surface area contributed by atoms with Crippen molar-refractivity contribution in [2.24, 2.45) is 12.0 Å². The van der Waals surface area contributed by atoms with Gasteiger partial charge in [0.1, 0.15) is 0 Å². The van der Waals surface area contributed by atoms with Gasteiger partial charge in [-0.05, 0) is 36.4 Å². The lowest BCUT2D eigenvalue weighted by Crippen LogP contribution is -2.27. The van der Waals surface area contributed by atoms with Crippen LogP contribution in [0.4, 0.5) is 0 Å². The van der Waals surface area contributed by atoms with E-state index < -0.39 is 15.9 Å². The summed E-state index contributed by atoms with van der Waals surface area (Å²) in [5.41, 5.74) is 1.32. The molecule has 1 aromatic heterocycles. The minimum Gasteiger partial charge on any atom is -0.383 e. The van der Waals surface area contributed by atoms with Crippen molar-refractivity contribution in [3.05, 3.63) is 58.9 Å². The molecule has 0 atom stereocenters. The maximum absolute atomic E-state index is 12.5. The van der Waals surface area contributed by atoms with Gasteiger partial charge in [0.05, 0.1) is 21.7 Å². The van der Waals surface area contributed by atoms with E-state index in [1.807, 2.05) is 35.9 Å². The third-order valence-electron chi connectivity index (χ3n) is 3.92. The Labute approximate surface area is 161 Å². The maximum Gasteiger partial charge on any atom is 0.279 e. The first-order valence-electron chi connectivity index (χ1n) is 8.14. The van der Waals surface area contributed by atoms with Crippen LogP contribution in [0.5, 0.6) is 0 Å². The second-order valence-electron chi connectivity index (χ2n) is 5.74. The molecule has 9 heteroatoms. The average Bonchev–Trinajstić information content (AvgIpc) is 2.98. The van der Waals surface area contributed by atoms with Crippen molar-refractivity contribution in [1.29, 1.82) is 0 Å². The first-order valence-corrected chi connectivity index (χ1v) is 10.4. The van der Waals surface area contributed by atoms with Crippen LogP contribution < -0.4 is 9.52 Å². The first kappa shape index (κ1) is 19.4. The Morgan fingerprint density at radius 1 is 1.19 bits per heavy atom. The molecule has 7 nitrogen and oxygen atoms in total. The Morgan fingerprint density at radius 3 is 2.56 bits per heavy atom. The van der Waals surface area contributed by atoms with Crippen molar-refractivity contribution < 1.29 is 17.9 Å². The maximum atomic E-state index is 12.5. The molecule has 0 saturated heterocycles. The van der Waals surface area contributed by atoms with Crippen molar-refractivity contribution in [3.63, 3.8) is 0 Å². The summed E-state index contributed by atoms with van der Waals surface area (Å²) in [5.74, 6) is -0.423. The van der Waals surface area contributed by atoms with E-state index in [2.05, 4.69) is 9.71 Å². The number of sulfonamides is 1. The van der Waals surface area contributed by atoms with Crippen molar-refractivity contribution in [3.8, 4) is 0 Å². The number of carbonyl (C=O) groups excluding carboxylic acids is 1. The zero-order valence-corrected chi connectivity index (χ0v) is 16.5. The Kier molecular flexibility index (Phi) is 5.85. The molecule has 0 spiro atoms. The van der Waals surface area contributed by atoms with Crippen LogP contribution >= 0.6 is 11.3 Å². The zero-order chi connectivity index (χ0) is 19.4. The van der Waals surface area contributed by atoms with E-state index in [-0.39, 0.29) is 18.0 Å². The molecular weight excluding hydrogens is 386 g/mol. The predicted molar refractivity (Wildman–Crippen MR) is 104 cm³/mol. The summed E-state index contributed by atoms with van der Waals surface area (Å²) in [4.78, 5) is 17.3. The number of ether oxygens (including phenoxy) is 1. The molecule has 0 aliphatic carbocycles. The molecule has 0 radical (unpaired) electrons. The van der Waals surface area contributed by atoms with Crippen molar-refractivity contribution in [1.82, 2.24) is 9.29 Å². The van der Waals surface area contributed by atoms with Crippen LogP contribution in [0.3, 0.4) is 0 Å². The molecular formula is C18H19N3O4S2. The van der Waals surface area contributed by atoms with Crippen LogP contribution in [-0.2, 0) is 21.8 Å². The number of aromatic nitrogens is 1. The Bertz CT molecular complexity index is 1130. The summed E-state index contributed by atoms with van der Waals surface area (Å²) in [7, 11) is -0.284. The summed E-state index contributed by atoms with van der Waals surface area (Å²) in [6.07, 6.45) is 0. The van der Waals surface area contributed by atoms with E-state index in [0.717, 1.165) is 10.2 Å². The molecule has 0 saturated carbocycles. The summed E-state index contributed by atoms with van der Waals surface area (Å²) in [6.45, 7) is 0.456. The lowest BCUT2D eigenvalue weighted by Gasteiger charge is -2.06. The van der Waals surface area contributed by atoms with Gasteiger partial charge in [-0.3, -0.25) is 4.79 Å².